The molecule has 9 nitrogen and oxygen atoms in total. The predicted molar refractivity (Wildman–Crippen MR) is 99.9 cm³/mol. The molecule has 0 aliphatic carbocycles. The van der Waals surface area contributed by atoms with E-state index >= 15 is 0 Å². The van der Waals surface area contributed by atoms with Crippen LogP contribution in [-0.4, -0.2) is 47.5 Å². The van der Waals surface area contributed by atoms with E-state index in [0.717, 1.165) is 5.69 Å². The molecular formula is C19H18N4O5. The van der Waals surface area contributed by atoms with Gasteiger partial charge in [0.2, 0.25) is 5.75 Å². The minimum absolute atomic E-state index is 0.399. The fourth-order valence-electron chi connectivity index (χ4n) is 2.46. The smallest absolute Gasteiger partial charge is 0.336 e. The van der Waals surface area contributed by atoms with Crippen LogP contribution in [-0.2, 0) is 4.79 Å². The molecule has 0 saturated carbocycles. The lowest BCUT2D eigenvalue weighted by atomic mass is 10.1. The highest BCUT2D eigenvalue weighted by Gasteiger charge is 2.12. The number of esters is 1. The molecule has 1 aromatic heterocycles. The summed E-state index contributed by atoms with van der Waals surface area (Å²) in [5.74, 6) is 1.34. The molecule has 9 heteroatoms. The Morgan fingerprint density at radius 2 is 1.68 bits per heavy atom. The van der Waals surface area contributed by atoms with Gasteiger partial charge in [0.15, 0.2) is 11.5 Å². The Kier molecular flexibility index (Phi) is 5.85. The molecule has 0 amide bonds. The van der Waals surface area contributed by atoms with Crippen LogP contribution in [0.15, 0.2) is 48.8 Å². The van der Waals surface area contributed by atoms with E-state index in [-0.39, 0.29) is 0 Å². The van der Waals surface area contributed by atoms with Gasteiger partial charge >= 0.3 is 5.97 Å². The van der Waals surface area contributed by atoms with Crippen LogP contribution in [0, 0.1) is 0 Å². The number of nitrogens with zero attached hydrogens (tertiary/aromatic N) is 4. The Morgan fingerprint density at radius 3 is 2.21 bits per heavy atom. The number of carbonyl (C=O) groups is 1. The SMILES string of the molecule is COc1cc(/C=C/C(=O)Oc2ccc(-n3cnnn3)cc2)cc(OC)c1OC. The molecule has 2 aromatic carbocycles. The zero-order valence-corrected chi connectivity index (χ0v) is 15.5. The Balaban J connectivity index is 1.70. The molecule has 3 rings (SSSR count). The molecule has 0 unspecified atom stereocenters. The Morgan fingerprint density at radius 1 is 1.00 bits per heavy atom. The lowest BCUT2D eigenvalue weighted by Crippen LogP contribution is -2.04. The van der Waals surface area contributed by atoms with E-state index in [1.807, 2.05) is 0 Å². The molecule has 0 N–H and O–H groups in total. The first-order valence-electron chi connectivity index (χ1n) is 8.18. The van der Waals surface area contributed by atoms with Crippen LogP contribution < -0.4 is 18.9 Å². The van der Waals surface area contributed by atoms with Crippen molar-refractivity contribution in [2.45, 2.75) is 0 Å². The summed E-state index contributed by atoms with van der Waals surface area (Å²) in [5.41, 5.74) is 1.44. The molecule has 0 aliphatic heterocycles. The van der Waals surface area contributed by atoms with Crippen molar-refractivity contribution in [3.05, 3.63) is 54.4 Å². The normalized spacial score (nSPS) is 10.7. The zero-order chi connectivity index (χ0) is 19.9. The molecule has 28 heavy (non-hydrogen) atoms. The van der Waals surface area contributed by atoms with Gasteiger partial charge in [0, 0.05) is 6.08 Å². The van der Waals surface area contributed by atoms with Crippen LogP contribution in [0.3, 0.4) is 0 Å². The predicted octanol–water partition coefficient (Wildman–Crippen LogP) is 2.31. The second-order valence-electron chi connectivity index (χ2n) is 5.46. The Hall–Kier alpha value is -3.88. The van der Waals surface area contributed by atoms with Crippen LogP contribution in [0.25, 0.3) is 11.8 Å². The number of ether oxygens (including phenoxy) is 4. The summed E-state index contributed by atoms with van der Waals surface area (Å²) in [6, 6.07) is 10.2. The first-order valence-corrected chi connectivity index (χ1v) is 8.18. The molecule has 1 heterocycles. The van der Waals surface area contributed by atoms with E-state index in [1.165, 1.54) is 38.4 Å². The largest absolute Gasteiger partial charge is 0.493 e. The maximum absolute atomic E-state index is 12.1. The van der Waals surface area contributed by atoms with E-state index in [4.69, 9.17) is 18.9 Å². The minimum Gasteiger partial charge on any atom is -0.493 e. The highest BCUT2D eigenvalue weighted by atomic mass is 16.5. The summed E-state index contributed by atoms with van der Waals surface area (Å²) in [4.78, 5) is 12.1. The standard InChI is InChI=1S/C19H18N4O5/c1-25-16-10-13(11-17(26-2)19(16)27-3)4-9-18(24)28-15-7-5-14(6-8-15)23-12-20-21-22-23/h4-12H,1-3H3/b9-4+. The van der Waals surface area contributed by atoms with Crippen LogP contribution in [0.1, 0.15) is 5.56 Å². The lowest BCUT2D eigenvalue weighted by molar-refractivity contribution is -0.128. The summed E-state index contributed by atoms with van der Waals surface area (Å²) in [5, 5.41) is 10.9. The van der Waals surface area contributed by atoms with Crippen LogP contribution in [0.2, 0.25) is 0 Å². The molecule has 0 fully saturated rings. The first-order chi connectivity index (χ1) is 13.6. The van der Waals surface area contributed by atoms with Crippen molar-refractivity contribution < 1.29 is 23.7 Å². The zero-order valence-electron chi connectivity index (χ0n) is 15.5. The monoisotopic (exact) mass is 382 g/mol. The summed E-state index contributed by atoms with van der Waals surface area (Å²) in [6.45, 7) is 0. The summed E-state index contributed by atoms with van der Waals surface area (Å²) < 4.78 is 22.6. The maximum atomic E-state index is 12.1. The fraction of sp³-hybridized carbons (Fsp3) is 0.158. The van der Waals surface area contributed by atoms with E-state index in [2.05, 4.69) is 15.5 Å². The molecule has 0 radical (unpaired) electrons. The number of aromatic nitrogens is 4. The number of rotatable bonds is 7. The van der Waals surface area contributed by atoms with Gasteiger partial charge in [-0.2, -0.15) is 0 Å². The van der Waals surface area contributed by atoms with Crippen molar-refractivity contribution in [3.63, 3.8) is 0 Å². The van der Waals surface area contributed by atoms with Gasteiger partial charge in [0.05, 0.1) is 27.0 Å². The molecule has 0 saturated heterocycles. The highest BCUT2D eigenvalue weighted by molar-refractivity contribution is 5.89. The Labute approximate surface area is 161 Å². The van der Waals surface area contributed by atoms with Crippen molar-refractivity contribution in [3.8, 4) is 28.7 Å². The van der Waals surface area contributed by atoms with Gasteiger partial charge in [-0.25, -0.2) is 9.48 Å². The number of hydrogen-bond acceptors (Lipinski definition) is 8. The number of carbonyl (C=O) groups excluding carboxylic acids is 1. The van der Waals surface area contributed by atoms with Crippen molar-refractivity contribution in [2.24, 2.45) is 0 Å². The summed E-state index contributed by atoms with van der Waals surface area (Å²) in [7, 11) is 4.58. The molecule has 0 atom stereocenters. The first kappa shape index (κ1) is 18.9. The quantitative estimate of drug-likeness (QED) is 0.349. The van der Waals surface area contributed by atoms with Crippen molar-refractivity contribution in [1.29, 1.82) is 0 Å². The molecule has 3 aromatic rings. The van der Waals surface area contributed by atoms with E-state index in [9.17, 15) is 4.79 Å². The fourth-order valence-corrected chi connectivity index (χ4v) is 2.46. The second-order valence-corrected chi connectivity index (χ2v) is 5.46. The number of tetrazole rings is 1. The average Bonchev–Trinajstić information content (AvgIpc) is 3.26. The average molecular weight is 382 g/mol. The van der Waals surface area contributed by atoms with Crippen molar-refractivity contribution in [1.82, 2.24) is 20.2 Å². The van der Waals surface area contributed by atoms with E-state index in [1.54, 1.807) is 42.5 Å². The van der Waals surface area contributed by atoms with Crippen LogP contribution in [0.5, 0.6) is 23.0 Å². The summed E-state index contributed by atoms with van der Waals surface area (Å²) >= 11 is 0. The van der Waals surface area contributed by atoms with Gasteiger partial charge in [-0.1, -0.05) is 0 Å². The van der Waals surface area contributed by atoms with Gasteiger partial charge in [0.1, 0.15) is 12.1 Å². The van der Waals surface area contributed by atoms with Crippen molar-refractivity contribution in [2.75, 3.05) is 21.3 Å². The van der Waals surface area contributed by atoms with E-state index in [0.29, 0.717) is 28.6 Å². The van der Waals surface area contributed by atoms with Gasteiger partial charge in [0.25, 0.3) is 0 Å². The van der Waals surface area contributed by atoms with Gasteiger partial charge in [-0.3, -0.25) is 0 Å². The second kappa shape index (κ2) is 8.67. The third kappa shape index (κ3) is 4.26. The van der Waals surface area contributed by atoms with Gasteiger partial charge in [-0.05, 0) is 58.5 Å². The van der Waals surface area contributed by atoms with Crippen molar-refractivity contribution >= 4 is 12.0 Å². The molecule has 0 bridgehead atoms. The maximum Gasteiger partial charge on any atom is 0.336 e. The molecule has 0 aliphatic rings. The third-order valence-electron chi connectivity index (χ3n) is 3.77. The number of methoxy groups -OCH3 is 3. The number of benzene rings is 2. The topological polar surface area (TPSA) is 97.6 Å². The Bertz CT molecular complexity index is 943. The van der Waals surface area contributed by atoms with Crippen LogP contribution >= 0.6 is 0 Å². The van der Waals surface area contributed by atoms with E-state index < -0.39 is 5.97 Å². The third-order valence-corrected chi connectivity index (χ3v) is 3.77. The van der Waals surface area contributed by atoms with Gasteiger partial charge in [-0.15, -0.1) is 5.10 Å². The highest BCUT2D eigenvalue weighted by Crippen LogP contribution is 2.38. The molecule has 144 valence electrons. The minimum atomic E-state index is -0.524. The van der Waals surface area contributed by atoms with Gasteiger partial charge < -0.3 is 18.9 Å². The molecule has 0 spiro atoms. The summed E-state index contributed by atoms with van der Waals surface area (Å²) in [6.07, 6.45) is 4.39. The van der Waals surface area contributed by atoms with Crippen LogP contribution in [0.4, 0.5) is 0 Å². The lowest BCUT2D eigenvalue weighted by Gasteiger charge is -2.12. The molecular weight excluding hydrogens is 364 g/mol. The number of hydrogen-bond donors (Lipinski definition) is 0.